The average molecular weight is 627 g/mol. The molecule has 0 aromatic heterocycles. The zero-order chi connectivity index (χ0) is 32.1. The van der Waals surface area contributed by atoms with Crippen LogP contribution in [-0.4, -0.2) is 26.8 Å². The van der Waals surface area contributed by atoms with Crippen LogP contribution in [0.5, 0.6) is 23.0 Å². The normalized spacial score (nSPS) is 13.6. The van der Waals surface area contributed by atoms with Gasteiger partial charge in [-0.2, -0.15) is 0 Å². The zero-order valence-electron chi connectivity index (χ0n) is 27.7. The quantitative estimate of drug-likeness (QED) is 0.145. The molecule has 4 aromatic carbocycles. The third-order valence-corrected chi connectivity index (χ3v) is 13.1. The fourth-order valence-corrected chi connectivity index (χ4v) is 12.3. The molecule has 4 aromatic rings. The largest absolute Gasteiger partial charge is 0.544 e. The Bertz CT molecular complexity index is 1340. The van der Waals surface area contributed by atoms with Gasteiger partial charge >= 0.3 is 0 Å². The highest BCUT2D eigenvalue weighted by molar-refractivity contribution is 6.72. The minimum Gasteiger partial charge on any atom is -0.544 e. The molecule has 2 N–H and O–H groups in total. The lowest BCUT2D eigenvalue weighted by Gasteiger charge is -2.31. The van der Waals surface area contributed by atoms with E-state index in [0.717, 1.165) is 45.8 Å². The van der Waals surface area contributed by atoms with Gasteiger partial charge in [0.1, 0.15) is 23.0 Å². The summed E-state index contributed by atoms with van der Waals surface area (Å²) in [6.07, 6.45) is 0. The molecular weight excluding hydrogens is 577 g/mol. The van der Waals surface area contributed by atoms with Crippen molar-refractivity contribution in [3.63, 3.8) is 0 Å². The highest BCUT2D eigenvalue weighted by Gasteiger charge is 2.30. The third kappa shape index (κ3) is 9.26. The third-order valence-electron chi connectivity index (χ3n) is 7.90. The van der Waals surface area contributed by atoms with Gasteiger partial charge in [-0.3, -0.25) is 0 Å². The van der Waals surface area contributed by atoms with E-state index in [2.05, 4.69) is 102 Å². The van der Waals surface area contributed by atoms with Gasteiger partial charge in [0.25, 0.3) is 0 Å². The Labute approximate surface area is 267 Å². The van der Waals surface area contributed by atoms with Crippen molar-refractivity contribution in [3.8, 4) is 23.0 Å². The Hall–Kier alpha value is -3.49. The molecule has 0 radical (unpaired) electrons. The molecular formula is C38H50O4Si2. The Morgan fingerprint density at radius 1 is 0.455 bits per heavy atom. The summed E-state index contributed by atoms with van der Waals surface area (Å²) in [5.41, 5.74) is 4.48. The molecule has 0 aliphatic rings. The molecule has 0 aliphatic heterocycles. The summed E-state index contributed by atoms with van der Waals surface area (Å²) in [4.78, 5) is 0. The predicted molar refractivity (Wildman–Crippen MR) is 188 cm³/mol. The van der Waals surface area contributed by atoms with Crippen LogP contribution < -0.4 is 8.85 Å². The van der Waals surface area contributed by atoms with Crippen molar-refractivity contribution in [2.75, 3.05) is 0 Å². The average Bonchev–Trinajstić information content (AvgIpc) is 2.92. The Kier molecular flexibility index (Phi) is 10.7. The van der Waals surface area contributed by atoms with Gasteiger partial charge in [-0.15, -0.1) is 0 Å². The van der Waals surface area contributed by atoms with Crippen LogP contribution in [0.4, 0.5) is 0 Å². The maximum absolute atomic E-state index is 10.1. The van der Waals surface area contributed by atoms with E-state index in [9.17, 15) is 10.2 Å². The maximum Gasteiger partial charge on any atom is 0.245 e. The molecule has 0 amide bonds. The first kappa shape index (κ1) is 33.4. The number of phenols is 2. The molecule has 44 heavy (non-hydrogen) atoms. The van der Waals surface area contributed by atoms with Crippen molar-refractivity contribution in [1.82, 2.24) is 0 Å². The molecule has 234 valence electrons. The monoisotopic (exact) mass is 626 g/mol. The second-order valence-corrected chi connectivity index (χ2v) is 22.5. The van der Waals surface area contributed by atoms with E-state index in [4.69, 9.17) is 8.85 Å². The van der Waals surface area contributed by atoms with Gasteiger partial charge in [0, 0.05) is 11.8 Å². The molecule has 4 nitrogen and oxygen atoms in total. The van der Waals surface area contributed by atoms with Crippen LogP contribution in [0.25, 0.3) is 0 Å². The van der Waals surface area contributed by atoms with Crippen LogP contribution in [-0.2, 0) is 0 Å². The van der Waals surface area contributed by atoms with Crippen LogP contribution in [0, 0.1) is 11.8 Å². The number of hydrogen-bond donors (Lipinski definition) is 2. The molecule has 6 heteroatoms. The standard InChI is InChI=1S/C38H50O4Si2/c1-27(2)25-43(5,6)41-35-21-13-31(14-22-35)37(29-9-17-33(39)18-10-29)38(30-11-19-34(40)20-12-30)32-15-23-36(24-16-32)42-44(7,8)26-28(3)4/h9-24,27-28,37-40H,25-26H2,1-8H3. The summed E-state index contributed by atoms with van der Waals surface area (Å²) in [6.45, 7) is 18.1. The van der Waals surface area contributed by atoms with Crippen LogP contribution in [0.15, 0.2) is 97.1 Å². The fourth-order valence-electron chi connectivity index (χ4n) is 6.69. The van der Waals surface area contributed by atoms with E-state index < -0.39 is 16.6 Å². The number of hydrogen-bond acceptors (Lipinski definition) is 4. The van der Waals surface area contributed by atoms with Gasteiger partial charge in [0.05, 0.1) is 0 Å². The first-order chi connectivity index (χ1) is 20.7. The van der Waals surface area contributed by atoms with E-state index in [1.807, 2.05) is 24.3 Å². The van der Waals surface area contributed by atoms with Gasteiger partial charge in [0.15, 0.2) is 0 Å². The van der Waals surface area contributed by atoms with Crippen molar-refractivity contribution in [2.24, 2.45) is 11.8 Å². The molecule has 0 fully saturated rings. The van der Waals surface area contributed by atoms with Crippen molar-refractivity contribution < 1.29 is 19.1 Å². The Morgan fingerprint density at radius 3 is 0.955 bits per heavy atom. The van der Waals surface area contributed by atoms with Crippen LogP contribution in [0.2, 0.25) is 38.3 Å². The number of phenolic OH excluding ortho intramolecular Hbond substituents is 2. The summed E-state index contributed by atoms with van der Waals surface area (Å²) >= 11 is 0. The minimum atomic E-state index is -1.85. The van der Waals surface area contributed by atoms with E-state index in [-0.39, 0.29) is 23.3 Å². The summed E-state index contributed by atoms with van der Waals surface area (Å²) in [5, 5.41) is 20.3. The van der Waals surface area contributed by atoms with E-state index in [1.165, 1.54) is 0 Å². The number of rotatable bonds is 13. The summed E-state index contributed by atoms with van der Waals surface area (Å²) < 4.78 is 13.1. The van der Waals surface area contributed by atoms with Crippen molar-refractivity contribution in [3.05, 3.63) is 119 Å². The van der Waals surface area contributed by atoms with Crippen LogP contribution in [0.1, 0.15) is 61.8 Å². The topological polar surface area (TPSA) is 58.9 Å². The summed E-state index contributed by atoms with van der Waals surface area (Å²) in [5.74, 6) is 3.37. The van der Waals surface area contributed by atoms with Crippen molar-refractivity contribution in [2.45, 2.75) is 77.8 Å². The lowest BCUT2D eigenvalue weighted by Crippen LogP contribution is -2.35. The van der Waals surface area contributed by atoms with E-state index in [1.54, 1.807) is 24.3 Å². The molecule has 0 bridgehead atoms. The highest BCUT2D eigenvalue weighted by Crippen LogP contribution is 2.44. The molecule has 0 heterocycles. The predicted octanol–water partition coefficient (Wildman–Crippen LogP) is 10.5. The lowest BCUT2D eigenvalue weighted by atomic mass is 9.73. The molecule has 2 unspecified atom stereocenters. The SMILES string of the molecule is CC(C)C[Si](C)(C)Oc1ccc(C(c2ccc(O)cc2)C(c2ccc(O)cc2)c2ccc(O[Si](C)(C)CC(C)C)cc2)cc1. The minimum absolute atomic E-state index is 0.0614. The fraction of sp³-hybridized carbons (Fsp3) is 0.368. The first-order valence-corrected chi connectivity index (χ1v) is 22.1. The summed E-state index contributed by atoms with van der Waals surface area (Å²) in [7, 11) is -3.69. The van der Waals surface area contributed by atoms with Crippen LogP contribution >= 0.6 is 0 Å². The maximum atomic E-state index is 10.1. The van der Waals surface area contributed by atoms with Gasteiger partial charge in [-0.05, 0) is 121 Å². The number of benzene rings is 4. The van der Waals surface area contributed by atoms with Crippen molar-refractivity contribution in [1.29, 1.82) is 0 Å². The summed E-state index contributed by atoms with van der Waals surface area (Å²) in [6, 6.07) is 34.4. The highest BCUT2D eigenvalue weighted by atomic mass is 28.4. The van der Waals surface area contributed by atoms with E-state index >= 15 is 0 Å². The lowest BCUT2D eigenvalue weighted by molar-refractivity contribution is 0.474. The molecule has 0 saturated heterocycles. The zero-order valence-corrected chi connectivity index (χ0v) is 29.7. The second kappa shape index (κ2) is 14.1. The molecule has 2 atom stereocenters. The number of aromatic hydroxyl groups is 2. The molecule has 4 rings (SSSR count). The Balaban J connectivity index is 1.77. The van der Waals surface area contributed by atoms with Gasteiger partial charge in [0.2, 0.25) is 16.6 Å². The molecule has 0 spiro atoms. The van der Waals surface area contributed by atoms with Crippen molar-refractivity contribution >= 4 is 16.6 Å². The Morgan fingerprint density at radius 2 is 0.705 bits per heavy atom. The van der Waals surface area contributed by atoms with Gasteiger partial charge in [-0.25, -0.2) is 0 Å². The molecule has 0 aliphatic carbocycles. The second-order valence-electron chi connectivity index (χ2n) is 14.2. The smallest absolute Gasteiger partial charge is 0.245 e. The van der Waals surface area contributed by atoms with Crippen LogP contribution in [0.3, 0.4) is 0 Å². The van der Waals surface area contributed by atoms with Gasteiger partial charge < -0.3 is 19.1 Å². The molecule has 0 saturated carbocycles. The first-order valence-electron chi connectivity index (χ1n) is 15.9. The van der Waals surface area contributed by atoms with E-state index in [0.29, 0.717) is 11.8 Å². The van der Waals surface area contributed by atoms with Gasteiger partial charge in [-0.1, -0.05) is 76.2 Å².